The summed E-state index contributed by atoms with van der Waals surface area (Å²) in [6.45, 7) is 9.44. The van der Waals surface area contributed by atoms with Gasteiger partial charge in [-0.2, -0.15) is 0 Å². The topological polar surface area (TPSA) is 32.8 Å². The summed E-state index contributed by atoms with van der Waals surface area (Å²) < 4.78 is 12.7. The normalized spacial score (nSPS) is 13.1. The van der Waals surface area contributed by atoms with Gasteiger partial charge in [0.25, 0.3) is 0 Å². The second-order valence-electron chi connectivity index (χ2n) is 22.3. The number of para-hydroxylation sites is 4. The van der Waals surface area contributed by atoms with Crippen LogP contribution in [0, 0.1) is 0 Å². The van der Waals surface area contributed by atoms with Gasteiger partial charge >= 0.3 is 0 Å². The fourth-order valence-electron chi connectivity index (χ4n) is 14.0. The maximum absolute atomic E-state index is 6.36. The largest absolute Gasteiger partial charge is 0.456 e. The standard InChI is InChI=1S/C75H54N2O2/c1-45(2)59-43-65-66-44-60(46(3)4)62-40-50(77(48-21-9-6-10-22-48)52-34-38-72-64(42-52)56-26-14-18-30-70(56)79-72)32-36-58(62)74(66)75(67-27-15-11-23-53(67)54-24-12-16-28-68(54)75)73(65)57-35-31-49(39-61(57)59)76(47-19-7-5-8-20-47)51-33-37-71-63(41-51)55-25-13-17-29-69(55)78-71/h5-46H,1-4H3. The van der Waals surface area contributed by atoms with Crippen molar-refractivity contribution in [3.63, 3.8) is 0 Å². The van der Waals surface area contributed by atoms with Gasteiger partial charge in [0.05, 0.1) is 5.41 Å². The Hall–Kier alpha value is -9.64. The van der Waals surface area contributed by atoms with Crippen LogP contribution < -0.4 is 9.80 Å². The molecule has 376 valence electrons. The maximum Gasteiger partial charge on any atom is 0.135 e. The lowest BCUT2D eigenvalue weighted by Crippen LogP contribution is -2.27. The van der Waals surface area contributed by atoms with Crippen molar-refractivity contribution in [1.82, 2.24) is 0 Å². The number of rotatable bonds is 8. The van der Waals surface area contributed by atoms with Gasteiger partial charge in [0.1, 0.15) is 22.3 Å². The molecule has 0 bridgehead atoms. The molecule has 0 saturated carbocycles. The molecule has 0 unspecified atom stereocenters. The zero-order valence-corrected chi connectivity index (χ0v) is 44.5. The first-order chi connectivity index (χ1) is 38.8. The van der Waals surface area contributed by atoms with Crippen LogP contribution >= 0.6 is 0 Å². The van der Waals surface area contributed by atoms with Gasteiger partial charge in [0, 0.05) is 55.7 Å². The predicted octanol–water partition coefficient (Wildman–Crippen LogP) is 21.3. The summed E-state index contributed by atoms with van der Waals surface area (Å²) in [4.78, 5) is 4.83. The molecule has 14 aromatic rings. The van der Waals surface area contributed by atoms with Gasteiger partial charge in [0.15, 0.2) is 0 Å². The van der Waals surface area contributed by atoms with Gasteiger partial charge < -0.3 is 18.6 Å². The van der Waals surface area contributed by atoms with Crippen molar-refractivity contribution in [3.8, 4) is 22.3 Å². The maximum atomic E-state index is 6.36. The molecule has 0 atom stereocenters. The van der Waals surface area contributed by atoms with E-state index < -0.39 is 5.41 Å². The average molecular weight is 1020 g/mol. The van der Waals surface area contributed by atoms with E-state index in [1.54, 1.807) is 0 Å². The number of hydrogen-bond acceptors (Lipinski definition) is 4. The first-order valence-corrected chi connectivity index (χ1v) is 27.8. The third kappa shape index (κ3) is 6.55. The van der Waals surface area contributed by atoms with Crippen molar-refractivity contribution in [2.45, 2.75) is 44.9 Å². The van der Waals surface area contributed by atoms with Crippen LogP contribution in [-0.4, -0.2) is 0 Å². The summed E-state index contributed by atoms with van der Waals surface area (Å²) >= 11 is 0. The van der Waals surface area contributed by atoms with Gasteiger partial charge in [-0.15, -0.1) is 0 Å². The van der Waals surface area contributed by atoms with Gasteiger partial charge in [-0.25, -0.2) is 0 Å². The smallest absolute Gasteiger partial charge is 0.135 e. The van der Waals surface area contributed by atoms with E-state index in [9.17, 15) is 0 Å². The van der Waals surface area contributed by atoms with Gasteiger partial charge in [-0.05, 0) is 198 Å². The van der Waals surface area contributed by atoms with Crippen LogP contribution in [0.2, 0.25) is 0 Å². The minimum atomic E-state index is -0.624. The minimum Gasteiger partial charge on any atom is -0.456 e. The molecular formula is C75H54N2O2. The van der Waals surface area contributed by atoms with E-state index in [0.717, 1.165) is 78.0 Å². The van der Waals surface area contributed by atoms with Crippen LogP contribution in [0.25, 0.3) is 87.7 Å². The van der Waals surface area contributed by atoms with Crippen molar-refractivity contribution in [3.05, 3.63) is 276 Å². The molecule has 0 amide bonds. The molecule has 2 aliphatic carbocycles. The molecule has 16 rings (SSSR count). The molecule has 4 nitrogen and oxygen atoms in total. The highest BCUT2D eigenvalue weighted by Gasteiger charge is 2.54. The van der Waals surface area contributed by atoms with Crippen LogP contribution in [-0.2, 0) is 5.41 Å². The minimum absolute atomic E-state index is 0.237. The highest BCUT2D eigenvalue weighted by atomic mass is 16.3. The van der Waals surface area contributed by atoms with Crippen molar-refractivity contribution in [2.24, 2.45) is 0 Å². The number of benzene rings is 12. The molecule has 12 aromatic carbocycles. The highest BCUT2D eigenvalue weighted by molar-refractivity contribution is 6.13. The fourth-order valence-corrected chi connectivity index (χ4v) is 14.0. The predicted molar refractivity (Wildman–Crippen MR) is 330 cm³/mol. The van der Waals surface area contributed by atoms with E-state index >= 15 is 0 Å². The number of furan rings is 2. The summed E-state index contributed by atoms with van der Waals surface area (Å²) in [6, 6.07) is 89.8. The number of anilines is 6. The Bertz CT molecular complexity index is 4500. The van der Waals surface area contributed by atoms with Gasteiger partial charge in [-0.3, -0.25) is 0 Å². The Morgan fingerprint density at radius 3 is 1.06 bits per heavy atom. The Kier molecular flexibility index (Phi) is 9.91. The third-order valence-electron chi connectivity index (χ3n) is 17.3. The van der Waals surface area contributed by atoms with E-state index in [-0.39, 0.29) is 11.8 Å². The highest BCUT2D eigenvalue weighted by Crippen LogP contribution is 2.66. The summed E-state index contributed by atoms with van der Waals surface area (Å²) in [5, 5.41) is 9.54. The molecule has 0 saturated heterocycles. The Morgan fingerprint density at radius 1 is 0.278 bits per heavy atom. The molecule has 0 fully saturated rings. The van der Waals surface area contributed by atoms with Crippen LogP contribution in [0.1, 0.15) is 72.9 Å². The Balaban J connectivity index is 0.965. The lowest BCUT2D eigenvalue weighted by Gasteiger charge is -2.34. The summed E-state index contributed by atoms with van der Waals surface area (Å²) in [6.07, 6.45) is 0. The van der Waals surface area contributed by atoms with Crippen LogP contribution in [0.15, 0.2) is 251 Å². The van der Waals surface area contributed by atoms with Crippen molar-refractivity contribution < 1.29 is 8.83 Å². The second kappa shape index (κ2) is 17.2. The van der Waals surface area contributed by atoms with Gasteiger partial charge in [-0.1, -0.05) is 161 Å². The van der Waals surface area contributed by atoms with Crippen molar-refractivity contribution in [2.75, 3.05) is 9.80 Å². The van der Waals surface area contributed by atoms with Crippen molar-refractivity contribution in [1.29, 1.82) is 0 Å². The van der Waals surface area contributed by atoms with E-state index in [0.29, 0.717) is 0 Å². The number of hydrogen-bond donors (Lipinski definition) is 0. The lowest BCUT2D eigenvalue weighted by atomic mass is 9.67. The molecule has 2 aromatic heterocycles. The number of fused-ring (bicyclic) bond motifs is 20. The zero-order valence-electron chi connectivity index (χ0n) is 44.5. The quantitative estimate of drug-likeness (QED) is 0.152. The fraction of sp³-hybridized carbons (Fsp3) is 0.0933. The molecular weight excluding hydrogens is 961 g/mol. The van der Waals surface area contributed by atoms with E-state index in [1.165, 1.54) is 77.2 Å². The second-order valence-corrected chi connectivity index (χ2v) is 22.3. The molecule has 79 heavy (non-hydrogen) atoms. The summed E-state index contributed by atoms with van der Waals surface area (Å²) in [5.74, 6) is 0.474. The molecule has 2 aliphatic rings. The monoisotopic (exact) mass is 1010 g/mol. The van der Waals surface area contributed by atoms with Crippen LogP contribution in [0.3, 0.4) is 0 Å². The lowest BCUT2D eigenvalue weighted by molar-refractivity contribution is 0.668. The van der Waals surface area contributed by atoms with E-state index in [4.69, 9.17) is 8.83 Å². The summed E-state index contributed by atoms with van der Waals surface area (Å²) in [7, 11) is 0. The molecule has 0 radical (unpaired) electrons. The Morgan fingerprint density at radius 2 is 0.633 bits per heavy atom. The molecule has 0 aliphatic heterocycles. The first-order valence-electron chi connectivity index (χ1n) is 27.8. The SMILES string of the molecule is CC(C)c1cc2c(c3ccc(N(c4ccccc4)c4ccc5oc6ccccc6c5c4)cc13)C1(c3ccccc3-c3ccccc31)c1c-2cc(C(C)C)c2cc(N(c3ccccc3)c3ccc4oc5ccccc5c4c3)ccc12. The average Bonchev–Trinajstić information content (AvgIpc) is 2.02. The van der Waals surface area contributed by atoms with Gasteiger partial charge in [0.2, 0.25) is 0 Å². The molecule has 2 heterocycles. The van der Waals surface area contributed by atoms with Crippen LogP contribution in [0.5, 0.6) is 0 Å². The molecule has 0 N–H and O–H groups in total. The molecule has 1 spiro atoms. The number of nitrogens with zero attached hydrogens (tertiary/aromatic N) is 2. The van der Waals surface area contributed by atoms with E-state index in [1.807, 2.05) is 12.1 Å². The van der Waals surface area contributed by atoms with Crippen LogP contribution in [0.4, 0.5) is 34.1 Å². The third-order valence-corrected chi connectivity index (χ3v) is 17.3. The first kappa shape index (κ1) is 45.5. The van der Waals surface area contributed by atoms with E-state index in [2.05, 4.69) is 268 Å². The zero-order chi connectivity index (χ0) is 52.7. The molecule has 4 heteroatoms. The Labute approximate surface area is 459 Å². The summed E-state index contributed by atoms with van der Waals surface area (Å²) in [5.41, 5.74) is 22.8. The van der Waals surface area contributed by atoms with Crippen molar-refractivity contribution >= 4 is 99.5 Å².